The Morgan fingerprint density at radius 2 is 1.90 bits per heavy atom. The summed E-state index contributed by atoms with van der Waals surface area (Å²) >= 11 is 0. The van der Waals surface area contributed by atoms with E-state index in [1.54, 1.807) is 18.3 Å². The Morgan fingerprint density at radius 1 is 1.12 bits per heavy atom. The quantitative estimate of drug-likeness (QED) is 0.307. The zero-order valence-corrected chi connectivity index (χ0v) is 23.4. The summed E-state index contributed by atoms with van der Waals surface area (Å²) in [7, 11) is 1.49. The van der Waals surface area contributed by atoms with Crippen LogP contribution in [0.4, 0.5) is 15.9 Å². The van der Waals surface area contributed by atoms with Gasteiger partial charge in [-0.2, -0.15) is 0 Å². The van der Waals surface area contributed by atoms with Crippen molar-refractivity contribution >= 4 is 17.4 Å². The van der Waals surface area contributed by atoms with Crippen LogP contribution in [0.3, 0.4) is 0 Å². The van der Waals surface area contributed by atoms with Crippen molar-refractivity contribution in [3.63, 3.8) is 0 Å². The molecule has 1 amide bonds. The van der Waals surface area contributed by atoms with Gasteiger partial charge in [0.05, 0.1) is 18.4 Å². The molecule has 0 spiro atoms. The lowest BCUT2D eigenvalue weighted by atomic mass is 9.97. The second-order valence-electron chi connectivity index (χ2n) is 10.4. The summed E-state index contributed by atoms with van der Waals surface area (Å²) in [5.74, 6) is -0.381. The Bertz CT molecular complexity index is 1660. The second-order valence-corrected chi connectivity index (χ2v) is 10.4. The standard InChI is InChI=1S/C32H33FN4O4/c1-19-4-6-23(20(2)14-19)24-17-37(16-21-9-12-41-13-10-21)18-25(30(24)38)32(39)36-27-7-5-22(15-26(27)33)29-28(40-3)8-11-35-31(29)34/h4-8,11,14-15,17-18,21H,9-10,12-13,16H2,1-3H3,(H2,34,35)(H,36,39). The van der Waals surface area contributed by atoms with Gasteiger partial charge >= 0.3 is 0 Å². The second kappa shape index (κ2) is 11.9. The van der Waals surface area contributed by atoms with Gasteiger partial charge in [-0.1, -0.05) is 29.8 Å². The van der Waals surface area contributed by atoms with Crippen LogP contribution in [0.15, 0.2) is 65.8 Å². The first-order chi connectivity index (χ1) is 19.7. The predicted octanol–water partition coefficient (Wildman–Crippen LogP) is 5.60. The molecule has 3 N–H and O–H groups in total. The Morgan fingerprint density at radius 3 is 2.61 bits per heavy atom. The van der Waals surface area contributed by atoms with Crippen LogP contribution in [0.2, 0.25) is 0 Å². The third-order valence-corrected chi connectivity index (χ3v) is 7.47. The molecule has 41 heavy (non-hydrogen) atoms. The van der Waals surface area contributed by atoms with E-state index in [0.717, 1.165) is 29.5 Å². The number of amides is 1. The van der Waals surface area contributed by atoms with Crippen LogP contribution in [0.1, 0.15) is 34.3 Å². The van der Waals surface area contributed by atoms with E-state index in [2.05, 4.69) is 10.3 Å². The molecular formula is C32H33FN4O4. The maximum absolute atomic E-state index is 15.3. The Balaban J connectivity index is 1.50. The summed E-state index contributed by atoms with van der Waals surface area (Å²) in [6.07, 6.45) is 6.68. The van der Waals surface area contributed by atoms with Crippen LogP contribution < -0.4 is 21.2 Å². The van der Waals surface area contributed by atoms with E-state index in [9.17, 15) is 9.59 Å². The highest BCUT2D eigenvalue weighted by atomic mass is 19.1. The summed E-state index contributed by atoms with van der Waals surface area (Å²) in [6.45, 7) is 5.95. The fourth-order valence-electron chi connectivity index (χ4n) is 5.31. The fraction of sp³-hybridized carbons (Fsp3) is 0.281. The first kappa shape index (κ1) is 28.0. The molecule has 9 heteroatoms. The van der Waals surface area contributed by atoms with Gasteiger partial charge in [0, 0.05) is 43.9 Å². The lowest BCUT2D eigenvalue weighted by Crippen LogP contribution is -2.27. The number of aromatic nitrogens is 2. The number of nitrogens with zero attached hydrogens (tertiary/aromatic N) is 2. The Labute approximate surface area is 238 Å². The number of carbonyl (C=O) groups excluding carboxylic acids is 1. The highest BCUT2D eigenvalue weighted by molar-refractivity contribution is 6.05. The summed E-state index contributed by atoms with van der Waals surface area (Å²) in [5.41, 5.74) is 9.58. The number of rotatable bonds is 7. The molecule has 0 aliphatic carbocycles. The van der Waals surface area contributed by atoms with Crippen LogP contribution in [-0.2, 0) is 11.3 Å². The van der Waals surface area contributed by atoms with Crippen molar-refractivity contribution in [2.24, 2.45) is 5.92 Å². The SMILES string of the molecule is COc1ccnc(N)c1-c1ccc(NC(=O)c2cn(CC3CCOCC3)cc(-c3ccc(C)cc3C)c2=O)c(F)c1. The van der Waals surface area contributed by atoms with E-state index in [0.29, 0.717) is 48.1 Å². The number of anilines is 2. The number of aryl methyl sites for hydroxylation is 2. The molecule has 2 aromatic carbocycles. The summed E-state index contributed by atoms with van der Waals surface area (Å²) in [4.78, 5) is 31.3. The number of carbonyl (C=O) groups is 1. The summed E-state index contributed by atoms with van der Waals surface area (Å²) < 4.78 is 28.0. The number of halogens is 1. The zero-order chi connectivity index (χ0) is 29.1. The molecule has 3 heterocycles. The van der Waals surface area contributed by atoms with Crippen molar-refractivity contribution in [1.82, 2.24) is 9.55 Å². The van der Waals surface area contributed by atoms with Crippen molar-refractivity contribution in [2.75, 3.05) is 31.4 Å². The van der Waals surface area contributed by atoms with Gasteiger partial charge in [-0.05, 0) is 67.5 Å². The first-order valence-corrected chi connectivity index (χ1v) is 13.5. The van der Waals surface area contributed by atoms with Crippen molar-refractivity contribution in [1.29, 1.82) is 0 Å². The van der Waals surface area contributed by atoms with Crippen LogP contribution >= 0.6 is 0 Å². The van der Waals surface area contributed by atoms with Crippen LogP contribution in [-0.4, -0.2) is 35.8 Å². The average molecular weight is 557 g/mol. The lowest BCUT2D eigenvalue weighted by Gasteiger charge is -2.24. The van der Waals surface area contributed by atoms with Crippen molar-refractivity contribution in [3.05, 3.63) is 93.8 Å². The number of hydrogen-bond acceptors (Lipinski definition) is 6. The number of ether oxygens (including phenoxy) is 2. The van der Waals surface area contributed by atoms with Crippen LogP contribution in [0.5, 0.6) is 5.75 Å². The third kappa shape index (κ3) is 6.00. The molecule has 0 bridgehead atoms. The first-order valence-electron chi connectivity index (χ1n) is 13.5. The molecule has 1 saturated heterocycles. The molecule has 0 saturated carbocycles. The van der Waals surface area contributed by atoms with Gasteiger partial charge in [-0.3, -0.25) is 9.59 Å². The van der Waals surface area contributed by atoms with Gasteiger partial charge in [-0.25, -0.2) is 9.37 Å². The molecule has 2 aromatic heterocycles. The molecule has 5 rings (SSSR count). The zero-order valence-electron chi connectivity index (χ0n) is 23.4. The largest absolute Gasteiger partial charge is 0.496 e. The predicted molar refractivity (Wildman–Crippen MR) is 158 cm³/mol. The number of nitrogens with one attached hydrogen (secondary N) is 1. The van der Waals surface area contributed by atoms with E-state index >= 15 is 4.39 Å². The number of pyridine rings is 2. The minimum atomic E-state index is -0.688. The van der Waals surface area contributed by atoms with Crippen molar-refractivity contribution < 1.29 is 18.7 Å². The van der Waals surface area contributed by atoms with Gasteiger partial charge in [0.15, 0.2) is 0 Å². The molecular weight excluding hydrogens is 523 g/mol. The number of nitrogen functional groups attached to an aromatic ring is 1. The minimum Gasteiger partial charge on any atom is -0.496 e. The van der Waals surface area contributed by atoms with Crippen LogP contribution in [0, 0.1) is 25.6 Å². The lowest BCUT2D eigenvalue weighted by molar-refractivity contribution is 0.0612. The number of hydrogen-bond donors (Lipinski definition) is 2. The molecule has 0 atom stereocenters. The molecule has 4 aromatic rings. The fourth-order valence-corrected chi connectivity index (χ4v) is 5.31. The van der Waals surface area contributed by atoms with Gasteiger partial charge < -0.3 is 25.1 Å². The monoisotopic (exact) mass is 556 g/mol. The molecule has 1 aliphatic rings. The van der Waals surface area contributed by atoms with Gasteiger partial charge in [0.1, 0.15) is 22.9 Å². The van der Waals surface area contributed by atoms with Gasteiger partial charge in [0.25, 0.3) is 5.91 Å². The molecule has 1 fully saturated rings. The maximum atomic E-state index is 15.3. The van der Waals surface area contributed by atoms with Crippen molar-refractivity contribution in [3.8, 4) is 28.0 Å². The topological polar surface area (TPSA) is 108 Å². The third-order valence-electron chi connectivity index (χ3n) is 7.47. The Kier molecular flexibility index (Phi) is 8.16. The molecule has 1 aliphatic heterocycles. The molecule has 8 nitrogen and oxygen atoms in total. The smallest absolute Gasteiger partial charge is 0.261 e. The number of nitrogens with two attached hydrogens (primary N) is 1. The number of benzene rings is 2. The summed E-state index contributed by atoms with van der Waals surface area (Å²) in [5, 5.41) is 2.60. The van der Waals surface area contributed by atoms with E-state index in [1.165, 1.54) is 25.4 Å². The van der Waals surface area contributed by atoms with Gasteiger partial charge in [-0.15, -0.1) is 0 Å². The molecule has 0 unspecified atom stereocenters. The highest BCUT2D eigenvalue weighted by Gasteiger charge is 2.21. The highest BCUT2D eigenvalue weighted by Crippen LogP contribution is 2.35. The van der Waals surface area contributed by atoms with E-state index in [1.807, 2.05) is 42.8 Å². The van der Waals surface area contributed by atoms with E-state index in [-0.39, 0.29) is 17.1 Å². The average Bonchev–Trinajstić information content (AvgIpc) is 2.95. The normalized spacial score (nSPS) is 13.7. The molecule has 0 radical (unpaired) electrons. The van der Waals surface area contributed by atoms with Crippen molar-refractivity contribution in [2.45, 2.75) is 33.2 Å². The number of methoxy groups -OCH3 is 1. The minimum absolute atomic E-state index is 0.0591. The molecule has 212 valence electrons. The van der Waals surface area contributed by atoms with Crippen LogP contribution in [0.25, 0.3) is 22.3 Å². The van der Waals surface area contributed by atoms with E-state index in [4.69, 9.17) is 15.2 Å². The van der Waals surface area contributed by atoms with Gasteiger partial charge in [0.2, 0.25) is 5.43 Å². The van der Waals surface area contributed by atoms with E-state index < -0.39 is 17.2 Å². The Hall–Kier alpha value is -4.50. The maximum Gasteiger partial charge on any atom is 0.261 e. The summed E-state index contributed by atoms with van der Waals surface area (Å²) in [6, 6.07) is 11.8.